The smallest absolute Gasteiger partial charge is 0.449 e. The standard InChI is InChI=1S/C28H36BN3O5/c1-18(15-30)25(33)32-11-10-20(16-32)17-35-26(34)31-24(12-19-8-6-5-7-9-19)29-36-23-14-21-13-22(27(21,2)3)28(23,4)37-29/h5-9,20-24H,1,10-14,16-17H2,2-4H3,(H,31,34)/t20?,21?,22?,23-,24?,28+/m1/s1. The Hall–Kier alpha value is -2.83. The second-order valence-electron chi connectivity index (χ2n) is 11.9. The molecule has 5 aliphatic rings. The van der Waals surface area contributed by atoms with Gasteiger partial charge >= 0.3 is 13.2 Å². The van der Waals surface area contributed by atoms with Crippen molar-refractivity contribution >= 4 is 19.1 Å². The van der Waals surface area contributed by atoms with Crippen LogP contribution in [0.2, 0.25) is 0 Å². The fourth-order valence-corrected chi connectivity index (χ4v) is 6.93. The van der Waals surface area contributed by atoms with Crippen molar-refractivity contribution in [2.75, 3.05) is 19.7 Å². The fourth-order valence-electron chi connectivity index (χ4n) is 6.93. The minimum atomic E-state index is -0.561. The molecule has 6 rings (SSSR count). The van der Waals surface area contributed by atoms with Crippen LogP contribution < -0.4 is 5.32 Å². The maximum atomic E-state index is 12.9. The van der Waals surface area contributed by atoms with Gasteiger partial charge in [-0.2, -0.15) is 5.26 Å². The fraction of sp³-hybridized carbons (Fsp3) is 0.607. The lowest BCUT2D eigenvalue weighted by Crippen LogP contribution is -2.65. The summed E-state index contributed by atoms with van der Waals surface area (Å²) in [5.41, 5.74) is 0.875. The Bertz CT molecular complexity index is 1100. The third-order valence-electron chi connectivity index (χ3n) is 9.32. The molecule has 8 nitrogen and oxygen atoms in total. The van der Waals surface area contributed by atoms with Gasteiger partial charge in [-0.3, -0.25) is 4.79 Å². The first-order chi connectivity index (χ1) is 17.6. The Labute approximate surface area is 219 Å². The first kappa shape index (κ1) is 25.8. The zero-order chi connectivity index (χ0) is 26.4. The number of carbonyl (C=O) groups is 2. The minimum absolute atomic E-state index is 0.0172. The number of carbonyl (C=O) groups excluding carboxylic acids is 2. The number of nitriles is 1. The number of nitrogens with one attached hydrogen (secondary N) is 1. The molecule has 0 aromatic heterocycles. The Morgan fingerprint density at radius 1 is 1.30 bits per heavy atom. The van der Waals surface area contributed by atoms with E-state index in [1.807, 2.05) is 30.3 Å². The average Bonchev–Trinajstić information content (AvgIpc) is 3.50. The number of hydrogen-bond acceptors (Lipinski definition) is 6. The van der Waals surface area contributed by atoms with Crippen LogP contribution in [-0.2, 0) is 25.3 Å². The Morgan fingerprint density at radius 2 is 2.05 bits per heavy atom. The lowest BCUT2D eigenvalue weighted by Gasteiger charge is -2.64. The molecule has 1 aromatic carbocycles. The van der Waals surface area contributed by atoms with Crippen molar-refractivity contribution in [3.05, 3.63) is 48.0 Å². The second kappa shape index (κ2) is 9.81. The second-order valence-corrected chi connectivity index (χ2v) is 11.9. The summed E-state index contributed by atoms with van der Waals surface area (Å²) in [7, 11) is -0.561. The normalized spacial score (nSPS) is 32.1. The molecule has 2 heterocycles. The van der Waals surface area contributed by atoms with Gasteiger partial charge in [-0.15, -0.1) is 0 Å². The monoisotopic (exact) mass is 505 g/mol. The molecule has 9 heteroatoms. The molecular formula is C28H36BN3O5. The van der Waals surface area contributed by atoms with Crippen molar-refractivity contribution in [1.82, 2.24) is 10.2 Å². The summed E-state index contributed by atoms with van der Waals surface area (Å²) in [6.45, 7) is 11.5. The summed E-state index contributed by atoms with van der Waals surface area (Å²) < 4.78 is 18.7. The summed E-state index contributed by atoms with van der Waals surface area (Å²) in [6, 6.07) is 11.8. The van der Waals surface area contributed by atoms with Gasteiger partial charge in [0.25, 0.3) is 5.91 Å². The predicted octanol–water partition coefficient (Wildman–Crippen LogP) is 3.52. The van der Waals surface area contributed by atoms with Crippen molar-refractivity contribution in [3.8, 4) is 6.07 Å². The van der Waals surface area contributed by atoms with E-state index in [1.54, 1.807) is 11.0 Å². The third-order valence-corrected chi connectivity index (χ3v) is 9.32. The van der Waals surface area contributed by atoms with E-state index in [0.29, 0.717) is 37.8 Å². The van der Waals surface area contributed by atoms with Crippen LogP contribution in [0.1, 0.15) is 45.6 Å². The largest absolute Gasteiger partial charge is 0.482 e. The van der Waals surface area contributed by atoms with Gasteiger partial charge < -0.3 is 24.3 Å². The van der Waals surface area contributed by atoms with Crippen LogP contribution in [-0.4, -0.2) is 61.4 Å². The molecule has 3 aliphatic carbocycles. The molecule has 6 atom stereocenters. The Morgan fingerprint density at radius 3 is 2.76 bits per heavy atom. The minimum Gasteiger partial charge on any atom is -0.449 e. The summed E-state index contributed by atoms with van der Waals surface area (Å²) in [5, 5.41) is 11.9. The number of hydrogen-bond donors (Lipinski definition) is 1. The van der Waals surface area contributed by atoms with Crippen LogP contribution in [0.4, 0.5) is 4.79 Å². The lowest BCUT2D eigenvalue weighted by atomic mass is 9.43. The molecule has 37 heavy (non-hydrogen) atoms. The van der Waals surface area contributed by atoms with Gasteiger partial charge in [0, 0.05) is 19.0 Å². The number of ether oxygens (including phenoxy) is 1. The predicted molar refractivity (Wildman–Crippen MR) is 138 cm³/mol. The molecule has 4 unspecified atom stereocenters. The van der Waals surface area contributed by atoms with Gasteiger partial charge in [0.05, 0.1) is 24.3 Å². The van der Waals surface area contributed by atoms with Crippen LogP contribution in [0.5, 0.6) is 0 Å². The highest BCUT2D eigenvalue weighted by atomic mass is 16.7. The molecule has 2 amide bonds. The van der Waals surface area contributed by atoms with Crippen LogP contribution in [0, 0.1) is 34.5 Å². The summed E-state index contributed by atoms with van der Waals surface area (Å²) >= 11 is 0. The van der Waals surface area contributed by atoms with E-state index in [0.717, 1.165) is 18.4 Å². The Balaban J connectivity index is 1.21. The van der Waals surface area contributed by atoms with E-state index in [-0.39, 0.29) is 41.1 Å². The first-order valence-corrected chi connectivity index (χ1v) is 13.3. The zero-order valence-electron chi connectivity index (χ0n) is 21.9. The highest BCUT2D eigenvalue weighted by molar-refractivity contribution is 6.47. The third kappa shape index (κ3) is 4.77. The van der Waals surface area contributed by atoms with Crippen molar-refractivity contribution < 1.29 is 23.6 Å². The first-order valence-electron chi connectivity index (χ1n) is 13.3. The van der Waals surface area contributed by atoms with E-state index >= 15 is 0 Å². The summed E-state index contributed by atoms with van der Waals surface area (Å²) in [5.74, 6) is 0.334. The molecule has 1 aromatic rings. The highest BCUT2D eigenvalue weighted by Crippen LogP contribution is 2.65. The van der Waals surface area contributed by atoms with Gasteiger partial charge in [0.2, 0.25) is 0 Å². The van der Waals surface area contributed by atoms with E-state index in [2.05, 4.69) is 32.7 Å². The highest BCUT2D eigenvalue weighted by Gasteiger charge is 2.68. The molecule has 5 fully saturated rings. The van der Waals surface area contributed by atoms with Gasteiger partial charge in [-0.1, -0.05) is 50.8 Å². The van der Waals surface area contributed by atoms with Crippen LogP contribution in [0.15, 0.2) is 42.5 Å². The van der Waals surface area contributed by atoms with Gasteiger partial charge in [-0.05, 0) is 55.4 Å². The summed E-state index contributed by atoms with van der Waals surface area (Å²) in [4.78, 5) is 26.7. The zero-order valence-corrected chi connectivity index (χ0v) is 21.9. The number of nitrogens with zero attached hydrogens (tertiary/aromatic N) is 2. The molecule has 1 N–H and O–H groups in total. The summed E-state index contributed by atoms with van der Waals surface area (Å²) in [6.07, 6.45) is 2.91. The molecule has 196 valence electrons. The number of benzene rings is 1. The van der Waals surface area contributed by atoms with Crippen LogP contribution in [0.3, 0.4) is 0 Å². The molecule has 2 saturated heterocycles. The van der Waals surface area contributed by atoms with E-state index < -0.39 is 19.2 Å². The number of likely N-dealkylation sites (tertiary alicyclic amines) is 1. The van der Waals surface area contributed by atoms with Crippen LogP contribution >= 0.6 is 0 Å². The molecule has 0 radical (unpaired) electrons. The van der Waals surface area contributed by atoms with Crippen LogP contribution in [0.25, 0.3) is 0 Å². The van der Waals surface area contributed by atoms with Crippen molar-refractivity contribution in [1.29, 1.82) is 5.26 Å². The number of alkyl carbamates (subject to hydrolysis) is 1. The number of rotatable bonds is 7. The maximum absolute atomic E-state index is 12.9. The van der Waals surface area contributed by atoms with E-state index in [1.165, 1.54) is 0 Å². The SMILES string of the molecule is C=C(C#N)C(=O)N1CCC(COC(=O)NC(Cc2ccccc2)B2O[C@@H]3CC4CC(C4(C)C)[C@]3(C)O2)C1. The maximum Gasteiger partial charge on any atom is 0.482 e. The molecule has 0 spiro atoms. The van der Waals surface area contributed by atoms with Gasteiger partial charge in [0.15, 0.2) is 0 Å². The van der Waals surface area contributed by atoms with Crippen molar-refractivity contribution in [3.63, 3.8) is 0 Å². The Kier molecular flexibility index (Phi) is 6.84. The average molecular weight is 505 g/mol. The van der Waals surface area contributed by atoms with Crippen molar-refractivity contribution in [2.45, 2.75) is 64.1 Å². The molecule has 2 bridgehead atoms. The van der Waals surface area contributed by atoms with E-state index in [9.17, 15) is 9.59 Å². The lowest BCUT2D eigenvalue weighted by molar-refractivity contribution is -0.199. The van der Waals surface area contributed by atoms with Gasteiger partial charge in [-0.25, -0.2) is 4.79 Å². The van der Waals surface area contributed by atoms with Crippen molar-refractivity contribution in [2.24, 2.45) is 23.2 Å². The topological polar surface area (TPSA) is 101 Å². The number of amides is 2. The molecular weight excluding hydrogens is 469 g/mol. The molecule has 2 aliphatic heterocycles. The quantitative estimate of drug-likeness (QED) is 0.346. The van der Waals surface area contributed by atoms with Gasteiger partial charge in [0.1, 0.15) is 11.6 Å². The van der Waals surface area contributed by atoms with E-state index in [4.69, 9.17) is 19.3 Å². The molecule has 3 saturated carbocycles.